The molecule has 1 amide bonds. The molecule has 6 nitrogen and oxygen atoms in total. The number of amides is 1. The van der Waals surface area contributed by atoms with Gasteiger partial charge in [0, 0.05) is 50.5 Å². The number of hydrogen-bond donors (Lipinski definition) is 0. The van der Waals surface area contributed by atoms with Crippen molar-refractivity contribution in [2.24, 2.45) is 5.92 Å². The molecule has 33 heavy (non-hydrogen) atoms. The first kappa shape index (κ1) is 23.6. The number of likely N-dealkylation sites (tertiary alicyclic amines) is 1. The number of piperidine rings is 1. The zero-order valence-corrected chi connectivity index (χ0v) is 18.9. The lowest BCUT2D eigenvalue weighted by atomic mass is 9.97. The molecule has 0 radical (unpaired) electrons. The number of carbonyl (C=O) groups is 1. The lowest BCUT2D eigenvalue weighted by Gasteiger charge is -2.35. The molecule has 0 N–H and O–H groups in total. The highest BCUT2D eigenvalue weighted by Gasteiger charge is 2.43. The summed E-state index contributed by atoms with van der Waals surface area (Å²) in [6, 6.07) is 15.3. The van der Waals surface area contributed by atoms with E-state index in [1.807, 2.05) is 30.3 Å². The first-order valence-corrected chi connectivity index (χ1v) is 12.4. The molecule has 2 fully saturated rings. The maximum absolute atomic E-state index is 13.2. The molecule has 2 aromatic rings. The van der Waals surface area contributed by atoms with Gasteiger partial charge in [-0.05, 0) is 43.2 Å². The van der Waals surface area contributed by atoms with Crippen LogP contribution in [0.3, 0.4) is 0 Å². The highest BCUT2D eigenvalue weighted by atomic mass is 32.2. The number of benzene rings is 2. The monoisotopic (exact) mass is 481 g/mol. The second kappa shape index (κ2) is 9.34. The Labute approximate surface area is 191 Å². The third-order valence-electron chi connectivity index (χ3n) is 6.25. The van der Waals surface area contributed by atoms with Gasteiger partial charge in [-0.15, -0.1) is 0 Å². The fourth-order valence-corrected chi connectivity index (χ4v) is 5.84. The topological polar surface area (TPSA) is 60.9 Å². The second-order valence-electron chi connectivity index (χ2n) is 8.39. The van der Waals surface area contributed by atoms with Crippen LogP contribution in [0.1, 0.15) is 23.2 Å². The van der Waals surface area contributed by atoms with Crippen molar-refractivity contribution in [2.75, 3.05) is 44.2 Å². The number of halogens is 3. The van der Waals surface area contributed by atoms with Crippen molar-refractivity contribution in [3.05, 3.63) is 60.2 Å². The van der Waals surface area contributed by atoms with Crippen molar-refractivity contribution in [1.29, 1.82) is 0 Å². The maximum atomic E-state index is 13.2. The van der Waals surface area contributed by atoms with Gasteiger partial charge in [0.05, 0.1) is 10.8 Å². The standard InChI is InChI=1S/C23H26F3N3O3S/c24-23(25,26)19-7-5-11-28(17-19)22(30)18-6-4-10-21(16-18)33(31,32)29-14-12-27(13-15-29)20-8-2-1-3-9-20/h1-4,6,8-10,16,19H,5,7,11-15,17H2/t19-/m1/s1. The molecule has 0 aliphatic carbocycles. The molecule has 4 rings (SSSR count). The van der Waals surface area contributed by atoms with Gasteiger partial charge in [0.25, 0.3) is 5.91 Å². The van der Waals surface area contributed by atoms with Crippen LogP contribution in [-0.2, 0) is 10.0 Å². The molecular formula is C23H26F3N3O3S. The van der Waals surface area contributed by atoms with Gasteiger partial charge in [0.15, 0.2) is 0 Å². The first-order valence-electron chi connectivity index (χ1n) is 10.9. The van der Waals surface area contributed by atoms with Gasteiger partial charge in [-0.1, -0.05) is 24.3 Å². The van der Waals surface area contributed by atoms with E-state index in [0.717, 1.165) is 5.69 Å². The summed E-state index contributed by atoms with van der Waals surface area (Å²) in [5.74, 6) is -2.13. The molecule has 0 saturated carbocycles. The van der Waals surface area contributed by atoms with Crippen LogP contribution in [-0.4, -0.2) is 69.0 Å². The predicted octanol–water partition coefficient (Wildman–Crippen LogP) is 3.61. The summed E-state index contributed by atoms with van der Waals surface area (Å²) in [4.78, 5) is 16.1. The van der Waals surface area contributed by atoms with Crippen LogP contribution in [0.4, 0.5) is 18.9 Å². The quantitative estimate of drug-likeness (QED) is 0.670. The lowest BCUT2D eigenvalue weighted by molar-refractivity contribution is -0.184. The molecule has 0 bridgehead atoms. The zero-order chi connectivity index (χ0) is 23.6. The molecule has 0 unspecified atom stereocenters. The van der Waals surface area contributed by atoms with E-state index < -0.39 is 34.6 Å². The third kappa shape index (κ3) is 5.16. The number of hydrogen-bond acceptors (Lipinski definition) is 4. The zero-order valence-electron chi connectivity index (χ0n) is 18.0. The van der Waals surface area contributed by atoms with Crippen molar-refractivity contribution in [1.82, 2.24) is 9.21 Å². The molecule has 178 valence electrons. The highest BCUT2D eigenvalue weighted by Crippen LogP contribution is 2.33. The average Bonchev–Trinajstić information content (AvgIpc) is 2.84. The Morgan fingerprint density at radius 2 is 1.61 bits per heavy atom. The smallest absolute Gasteiger partial charge is 0.369 e. The number of carbonyl (C=O) groups excluding carboxylic acids is 1. The summed E-state index contributed by atoms with van der Waals surface area (Å²) in [6.45, 7) is 1.50. The molecule has 2 aliphatic heterocycles. The van der Waals surface area contributed by atoms with E-state index >= 15 is 0 Å². The Balaban J connectivity index is 1.46. The molecule has 2 saturated heterocycles. The van der Waals surface area contributed by atoms with Crippen molar-refractivity contribution < 1.29 is 26.4 Å². The Hall–Kier alpha value is -2.59. The Kier molecular flexibility index (Phi) is 6.67. The molecule has 2 heterocycles. The first-order chi connectivity index (χ1) is 15.7. The van der Waals surface area contributed by atoms with Gasteiger partial charge in [-0.25, -0.2) is 8.42 Å². The van der Waals surface area contributed by atoms with Gasteiger partial charge in [-0.2, -0.15) is 17.5 Å². The Morgan fingerprint density at radius 3 is 2.27 bits per heavy atom. The van der Waals surface area contributed by atoms with Crippen molar-refractivity contribution >= 4 is 21.6 Å². The number of sulfonamides is 1. The van der Waals surface area contributed by atoms with Crippen LogP contribution in [0.2, 0.25) is 0 Å². The van der Waals surface area contributed by atoms with E-state index in [1.165, 1.54) is 33.5 Å². The average molecular weight is 482 g/mol. The molecule has 1 atom stereocenters. The number of para-hydroxylation sites is 1. The molecule has 2 aromatic carbocycles. The summed E-state index contributed by atoms with van der Waals surface area (Å²) < 4.78 is 67.1. The van der Waals surface area contributed by atoms with Gasteiger partial charge >= 0.3 is 6.18 Å². The molecule has 0 aromatic heterocycles. The SMILES string of the molecule is O=C(c1cccc(S(=O)(=O)N2CCN(c3ccccc3)CC2)c1)N1CCC[C@@H](C(F)(F)F)C1. The molecule has 10 heteroatoms. The summed E-state index contributed by atoms with van der Waals surface area (Å²) >= 11 is 0. The lowest BCUT2D eigenvalue weighted by Crippen LogP contribution is -2.48. The summed E-state index contributed by atoms with van der Waals surface area (Å²) in [5.41, 5.74) is 1.11. The van der Waals surface area contributed by atoms with Crippen LogP contribution >= 0.6 is 0 Å². The number of piperazine rings is 1. The largest absolute Gasteiger partial charge is 0.393 e. The number of alkyl halides is 3. The van der Waals surface area contributed by atoms with Crippen LogP contribution in [0.25, 0.3) is 0 Å². The van der Waals surface area contributed by atoms with Gasteiger partial charge in [-0.3, -0.25) is 4.79 Å². The van der Waals surface area contributed by atoms with Gasteiger partial charge in [0.1, 0.15) is 0 Å². The maximum Gasteiger partial charge on any atom is 0.393 e. The second-order valence-corrected chi connectivity index (χ2v) is 10.3. The van der Waals surface area contributed by atoms with E-state index in [-0.39, 0.29) is 29.8 Å². The number of anilines is 1. The Morgan fingerprint density at radius 1 is 0.909 bits per heavy atom. The van der Waals surface area contributed by atoms with Gasteiger partial charge in [0.2, 0.25) is 10.0 Å². The minimum Gasteiger partial charge on any atom is -0.369 e. The van der Waals surface area contributed by atoms with Crippen LogP contribution in [0, 0.1) is 5.92 Å². The van der Waals surface area contributed by atoms with E-state index in [4.69, 9.17) is 0 Å². The van der Waals surface area contributed by atoms with E-state index in [0.29, 0.717) is 26.2 Å². The minimum atomic E-state index is -4.36. The normalized spacial score (nSPS) is 20.6. The van der Waals surface area contributed by atoms with E-state index in [9.17, 15) is 26.4 Å². The van der Waals surface area contributed by atoms with Crippen LogP contribution in [0.5, 0.6) is 0 Å². The highest BCUT2D eigenvalue weighted by molar-refractivity contribution is 7.89. The summed E-state index contributed by atoms with van der Waals surface area (Å²) in [7, 11) is -3.83. The van der Waals surface area contributed by atoms with Crippen molar-refractivity contribution in [2.45, 2.75) is 23.9 Å². The number of nitrogens with zero attached hydrogens (tertiary/aromatic N) is 3. The molecule has 0 spiro atoms. The third-order valence-corrected chi connectivity index (χ3v) is 8.14. The fourth-order valence-electron chi connectivity index (χ4n) is 4.38. The number of rotatable bonds is 4. The van der Waals surface area contributed by atoms with E-state index in [2.05, 4.69) is 4.90 Å². The predicted molar refractivity (Wildman–Crippen MR) is 119 cm³/mol. The molecule has 2 aliphatic rings. The van der Waals surface area contributed by atoms with Crippen molar-refractivity contribution in [3.8, 4) is 0 Å². The van der Waals surface area contributed by atoms with Crippen molar-refractivity contribution in [3.63, 3.8) is 0 Å². The van der Waals surface area contributed by atoms with Crippen LogP contribution in [0.15, 0.2) is 59.5 Å². The Bertz CT molecular complexity index is 1080. The minimum absolute atomic E-state index is 0.00332. The van der Waals surface area contributed by atoms with Crippen LogP contribution < -0.4 is 4.90 Å². The fraction of sp³-hybridized carbons (Fsp3) is 0.435. The van der Waals surface area contributed by atoms with E-state index in [1.54, 1.807) is 0 Å². The van der Waals surface area contributed by atoms with Gasteiger partial charge < -0.3 is 9.80 Å². The summed E-state index contributed by atoms with van der Waals surface area (Å²) in [6.07, 6.45) is -4.09. The summed E-state index contributed by atoms with van der Waals surface area (Å²) in [5, 5.41) is 0. The molecular weight excluding hydrogens is 455 g/mol.